The Balaban J connectivity index is 1.86. The van der Waals surface area contributed by atoms with E-state index in [1.165, 1.54) is 0 Å². The largest absolute Gasteiger partial charge is 0.461 e. The molecule has 0 unspecified atom stereocenters. The maximum absolute atomic E-state index is 12.5. The Morgan fingerprint density at radius 2 is 1.78 bits per heavy atom. The molecule has 0 saturated heterocycles. The first-order valence-electron chi connectivity index (χ1n) is 8.13. The van der Waals surface area contributed by atoms with Gasteiger partial charge in [-0.05, 0) is 31.3 Å². The summed E-state index contributed by atoms with van der Waals surface area (Å²) in [4.78, 5) is 18.1. The number of carbonyl (C=O) groups excluding carboxylic acids is 1. The van der Waals surface area contributed by atoms with Crippen molar-refractivity contribution in [1.29, 1.82) is 0 Å². The highest BCUT2D eigenvalue weighted by atomic mass is 16.5. The van der Waals surface area contributed by atoms with Gasteiger partial charge in [0.2, 0.25) is 0 Å². The second-order valence-electron chi connectivity index (χ2n) is 5.56. The molecule has 0 radical (unpaired) electrons. The third-order valence-electron chi connectivity index (χ3n) is 4.29. The van der Waals surface area contributed by atoms with Crippen LogP contribution in [0.4, 0.5) is 0 Å². The zero-order chi connectivity index (χ0) is 16.2. The minimum absolute atomic E-state index is 0.257. The second kappa shape index (κ2) is 6.84. The van der Waals surface area contributed by atoms with Crippen molar-refractivity contribution in [3.05, 3.63) is 48.0 Å². The van der Waals surface area contributed by atoms with Crippen LogP contribution in [0.5, 0.6) is 0 Å². The first kappa shape index (κ1) is 15.6. The van der Waals surface area contributed by atoms with E-state index in [1.807, 2.05) is 42.5 Å². The highest BCUT2D eigenvalue weighted by molar-refractivity contribution is 6.16. The normalized spacial score (nSPS) is 11.4. The molecule has 1 aromatic heterocycles. The van der Waals surface area contributed by atoms with Gasteiger partial charge >= 0.3 is 5.97 Å². The molecule has 0 bridgehead atoms. The number of rotatable bonds is 6. The number of benzene rings is 2. The van der Waals surface area contributed by atoms with E-state index in [0.29, 0.717) is 12.2 Å². The Kier molecular flexibility index (Phi) is 4.63. The molecule has 0 spiro atoms. The zero-order valence-corrected chi connectivity index (χ0v) is 13.6. The Hall–Kier alpha value is -2.33. The van der Waals surface area contributed by atoms with Gasteiger partial charge in [-0.15, -0.1) is 0 Å². The predicted octanol–water partition coefficient (Wildman–Crippen LogP) is 3.82. The fourth-order valence-corrected chi connectivity index (χ4v) is 2.96. The third kappa shape index (κ3) is 3.08. The molecular weight excluding hydrogens is 288 g/mol. The molecule has 0 fully saturated rings. The average Bonchev–Trinajstić information content (AvgIpc) is 2.97. The summed E-state index contributed by atoms with van der Waals surface area (Å²) in [6.07, 6.45) is 0. The lowest BCUT2D eigenvalue weighted by Gasteiger charge is -2.17. The minimum atomic E-state index is -0.257. The highest BCUT2D eigenvalue weighted by Crippen LogP contribution is 2.28. The molecular formula is C19H22N2O2. The van der Waals surface area contributed by atoms with Crippen molar-refractivity contribution in [3.63, 3.8) is 0 Å². The minimum Gasteiger partial charge on any atom is -0.461 e. The number of aromatic amines is 1. The average molecular weight is 310 g/mol. The summed E-state index contributed by atoms with van der Waals surface area (Å²) in [5.74, 6) is -0.257. The molecule has 4 heteroatoms. The van der Waals surface area contributed by atoms with E-state index >= 15 is 0 Å². The number of aromatic nitrogens is 1. The summed E-state index contributed by atoms with van der Waals surface area (Å²) in [7, 11) is 0. The molecule has 0 aliphatic heterocycles. The number of H-pyrrole nitrogens is 1. The number of nitrogens with one attached hydrogen (secondary N) is 1. The van der Waals surface area contributed by atoms with Crippen molar-refractivity contribution < 1.29 is 9.53 Å². The fraction of sp³-hybridized carbons (Fsp3) is 0.316. The number of esters is 1. The molecule has 3 aromatic rings. The first-order valence-corrected chi connectivity index (χ1v) is 8.13. The Morgan fingerprint density at radius 3 is 2.57 bits per heavy atom. The number of nitrogens with zero attached hydrogens (tertiary/aromatic N) is 1. The van der Waals surface area contributed by atoms with Crippen LogP contribution in [0, 0.1) is 0 Å². The van der Waals surface area contributed by atoms with E-state index < -0.39 is 0 Å². The molecule has 4 nitrogen and oxygen atoms in total. The lowest BCUT2D eigenvalue weighted by atomic mass is 10.1. The van der Waals surface area contributed by atoms with Crippen LogP contribution in [0.2, 0.25) is 0 Å². The Morgan fingerprint density at radius 1 is 1.04 bits per heavy atom. The highest BCUT2D eigenvalue weighted by Gasteiger charge is 2.15. The van der Waals surface area contributed by atoms with Gasteiger partial charge in [-0.25, -0.2) is 4.79 Å². The van der Waals surface area contributed by atoms with E-state index in [-0.39, 0.29) is 5.97 Å². The van der Waals surface area contributed by atoms with Crippen molar-refractivity contribution in [2.24, 2.45) is 0 Å². The van der Waals surface area contributed by atoms with Crippen molar-refractivity contribution >= 4 is 27.8 Å². The summed E-state index contributed by atoms with van der Waals surface area (Å²) in [5.41, 5.74) is 2.62. The van der Waals surface area contributed by atoms with Gasteiger partial charge in [0, 0.05) is 28.4 Å². The van der Waals surface area contributed by atoms with Gasteiger partial charge in [0.05, 0.1) is 5.56 Å². The van der Waals surface area contributed by atoms with Crippen LogP contribution in [0.15, 0.2) is 42.5 Å². The van der Waals surface area contributed by atoms with Gasteiger partial charge in [-0.1, -0.05) is 38.1 Å². The molecule has 0 saturated carbocycles. The van der Waals surface area contributed by atoms with Crippen LogP contribution in [-0.4, -0.2) is 42.1 Å². The van der Waals surface area contributed by atoms with Crippen LogP contribution in [0.1, 0.15) is 24.2 Å². The van der Waals surface area contributed by atoms with Gasteiger partial charge < -0.3 is 14.6 Å². The maximum atomic E-state index is 12.5. The number of likely N-dealkylation sites (N-methyl/N-ethyl adjacent to an activating group) is 1. The summed E-state index contributed by atoms with van der Waals surface area (Å²) in [5, 5.41) is 2.00. The van der Waals surface area contributed by atoms with E-state index in [4.69, 9.17) is 4.74 Å². The monoisotopic (exact) mass is 310 g/mol. The lowest BCUT2D eigenvalue weighted by Crippen LogP contribution is -2.27. The molecule has 0 aliphatic carbocycles. The molecule has 23 heavy (non-hydrogen) atoms. The summed E-state index contributed by atoms with van der Waals surface area (Å²) < 4.78 is 5.49. The van der Waals surface area contributed by atoms with Crippen LogP contribution >= 0.6 is 0 Å². The smallest absolute Gasteiger partial charge is 0.338 e. The van der Waals surface area contributed by atoms with Crippen LogP contribution in [-0.2, 0) is 4.74 Å². The lowest BCUT2D eigenvalue weighted by molar-refractivity contribution is 0.0469. The molecule has 0 amide bonds. The fourth-order valence-electron chi connectivity index (χ4n) is 2.96. The SMILES string of the molecule is CCN(CC)CCOC(=O)c1cccc2[nH]c3ccccc3c12. The third-order valence-corrected chi connectivity index (χ3v) is 4.29. The molecule has 120 valence electrons. The van der Waals surface area contributed by atoms with Crippen molar-refractivity contribution in [2.75, 3.05) is 26.2 Å². The predicted molar refractivity (Wildman–Crippen MR) is 93.9 cm³/mol. The number of carbonyl (C=O) groups is 1. The van der Waals surface area contributed by atoms with E-state index in [1.54, 1.807) is 0 Å². The summed E-state index contributed by atoms with van der Waals surface area (Å²) >= 11 is 0. The standard InChI is InChI=1S/C19H22N2O2/c1-3-21(4-2)12-13-23-19(22)15-9-7-11-17-18(15)14-8-5-6-10-16(14)20-17/h5-11,20H,3-4,12-13H2,1-2H3. The molecule has 1 heterocycles. The van der Waals surface area contributed by atoms with Crippen LogP contribution in [0.25, 0.3) is 21.8 Å². The molecule has 1 N–H and O–H groups in total. The first-order chi connectivity index (χ1) is 11.2. The van der Waals surface area contributed by atoms with Crippen LogP contribution < -0.4 is 0 Å². The Labute approximate surface area is 136 Å². The number of para-hydroxylation sites is 1. The second-order valence-corrected chi connectivity index (χ2v) is 5.56. The number of hydrogen-bond donors (Lipinski definition) is 1. The van der Waals surface area contributed by atoms with Gasteiger partial charge in [-0.3, -0.25) is 0 Å². The molecule has 2 aromatic carbocycles. The van der Waals surface area contributed by atoms with Crippen molar-refractivity contribution in [3.8, 4) is 0 Å². The molecule has 0 aliphatic rings. The van der Waals surface area contributed by atoms with Crippen LogP contribution in [0.3, 0.4) is 0 Å². The zero-order valence-electron chi connectivity index (χ0n) is 13.6. The summed E-state index contributed by atoms with van der Waals surface area (Å²) in [6, 6.07) is 13.7. The van der Waals surface area contributed by atoms with E-state index in [9.17, 15) is 4.79 Å². The maximum Gasteiger partial charge on any atom is 0.338 e. The number of ether oxygens (including phenoxy) is 1. The van der Waals surface area contributed by atoms with Gasteiger partial charge in [0.1, 0.15) is 6.61 Å². The van der Waals surface area contributed by atoms with Gasteiger partial charge in [-0.2, -0.15) is 0 Å². The van der Waals surface area contributed by atoms with Crippen molar-refractivity contribution in [1.82, 2.24) is 9.88 Å². The quantitative estimate of drug-likeness (QED) is 0.704. The number of fused-ring (bicyclic) bond motifs is 3. The topological polar surface area (TPSA) is 45.3 Å². The van der Waals surface area contributed by atoms with E-state index in [2.05, 4.69) is 23.7 Å². The number of hydrogen-bond acceptors (Lipinski definition) is 3. The molecule has 0 atom stereocenters. The van der Waals surface area contributed by atoms with Gasteiger partial charge in [0.25, 0.3) is 0 Å². The van der Waals surface area contributed by atoms with Gasteiger partial charge in [0.15, 0.2) is 0 Å². The van der Waals surface area contributed by atoms with E-state index in [0.717, 1.165) is 41.4 Å². The summed E-state index contributed by atoms with van der Waals surface area (Å²) in [6.45, 7) is 7.33. The van der Waals surface area contributed by atoms with Crippen molar-refractivity contribution in [2.45, 2.75) is 13.8 Å². The Bertz CT molecular complexity index is 818. The molecule has 3 rings (SSSR count).